The van der Waals surface area contributed by atoms with E-state index in [1.54, 1.807) is 7.05 Å². The summed E-state index contributed by atoms with van der Waals surface area (Å²) >= 11 is 2.70. The Hall–Kier alpha value is -2.13. The summed E-state index contributed by atoms with van der Waals surface area (Å²) in [5.41, 5.74) is 5.95. The predicted octanol–water partition coefficient (Wildman–Crippen LogP) is 1.16. The number of thiazole rings is 1. The van der Waals surface area contributed by atoms with E-state index in [1.807, 2.05) is 17.5 Å². The number of hydrogen-bond donors (Lipinski definition) is 1. The van der Waals surface area contributed by atoms with E-state index in [-0.39, 0.29) is 5.01 Å². The Balaban J connectivity index is 2.19. The number of tetrazole rings is 1. The average Bonchev–Trinajstić information content (AvgIpc) is 3.07. The molecule has 0 radical (unpaired) electrons. The summed E-state index contributed by atoms with van der Waals surface area (Å²) in [4.78, 5) is 18.6. The molecular formula is C10H8N6OS2. The molecule has 3 aromatic heterocycles. The molecule has 96 valence electrons. The van der Waals surface area contributed by atoms with Gasteiger partial charge in [-0.15, -0.1) is 32.9 Å². The summed E-state index contributed by atoms with van der Waals surface area (Å²) in [6.45, 7) is 0. The second-order valence-electron chi connectivity index (χ2n) is 3.64. The molecule has 1 amide bonds. The zero-order valence-corrected chi connectivity index (χ0v) is 11.4. The fourth-order valence-electron chi connectivity index (χ4n) is 1.53. The van der Waals surface area contributed by atoms with Crippen LogP contribution in [0.5, 0.6) is 0 Å². The summed E-state index contributed by atoms with van der Waals surface area (Å²) < 4.78 is 0. The number of rotatable bonds is 3. The molecule has 0 atom stereocenters. The molecule has 0 saturated carbocycles. The zero-order chi connectivity index (χ0) is 13.4. The number of hydrogen-bond acceptors (Lipinski definition) is 7. The molecule has 7 nitrogen and oxygen atoms in total. The van der Waals surface area contributed by atoms with Gasteiger partial charge in [0.25, 0.3) is 5.91 Å². The van der Waals surface area contributed by atoms with Crippen molar-refractivity contribution in [1.82, 2.24) is 25.2 Å². The van der Waals surface area contributed by atoms with Crippen LogP contribution in [0.2, 0.25) is 0 Å². The predicted molar refractivity (Wildman–Crippen MR) is 71.7 cm³/mol. The van der Waals surface area contributed by atoms with Gasteiger partial charge >= 0.3 is 0 Å². The number of aryl methyl sites for hydroxylation is 1. The van der Waals surface area contributed by atoms with Gasteiger partial charge in [-0.05, 0) is 16.7 Å². The van der Waals surface area contributed by atoms with Crippen molar-refractivity contribution >= 4 is 28.6 Å². The lowest BCUT2D eigenvalue weighted by atomic mass is 10.3. The number of carbonyl (C=O) groups is 1. The topological polar surface area (TPSA) is 99.6 Å². The highest BCUT2D eigenvalue weighted by Crippen LogP contribution is 2.36. The summed E-state index contributed by atoms with van der Waals surface area (Å²) in [6.07, 6.45) is 0. The SMILES string of the molecule is Cn1nnc(-c2sc(C(N)=O)nc2-c2cccs2)n1. The van der Waals surface area contributed by atoms with Crippen LogP contribution in [0.4, 0.5) is 0 Å². The van der Waals surface area contributed by atoms with Crippen LogP contribution >= 0.6 is 22.7 Å². The minimum absolute atomic E-state index is 0.242. The molecular weight excluding hydrogens is 284 g/mol. The Morgan fingerprint density at radius 3 is 2.89 bits per heavy atom. The van der Waals surface area contributed by atoms with Gasteiger partial charge in [-0.3, -0.25) is 4.79 Å². The normalized spacial score (nSPS) is 10.8. The molecule has 0 fully saturated rings. The zero-order valence-electron chi connectivity index (χ0n) is 9.77. The molecule has 0 aliphatic carbocycles. The van der Waals surface area contributed by atoms with Crippen molar-refractivity contribution in [1.29, 1.82) is 0 Å². The lowest BCUT2D eigenvalue weighted by Crippen LogP contribution is -2.09. The quantitative estimate of drug-likeness (QED) is 0.781. The Labute approximate surface area is 115 Å². The van der Waals surface area contributed by atoms with Crippen LogP contribution in [0.3, 0.4) is 0 Å². The summed E-state index contributed by atoms with van der Waals surface area (Å²) in [5.74, 6) is -0.117. The Morgan fingerprint density at radius 2 is 2.32 bits per heavy atom. The van der Waals surface area contributed by atoms with Crippen LogP contribution in [-0.4, -0.2) is 31.1 Å². The van der Waals surface area contributed by atoms with E-state index < -0.39 is 5.91 Å². The standard InChI is InChI=1S/C10H8N6OS2/c1-16-14-9(13-15-16)7-6(5-3-2-4-18-5)12-10(19-7)8(11)17/h2-4H,1H3,(H2,11,17). The third kappa shape index (κ3) is 2.13. The maximum absolute atomic E-state index is 11.3. The van der Waals surface area contributed by atoms with Crippen molar-refractivity contribution in [2.45, 2.75) is 0 Å². The Kier molecular flexibility index (Phi) is 2.84. The smallest absolute Gasteiger partial charge is 0.277 e. The van der Waals surface area contributed by atoms with Crippen LogP contribution < -0.4 is 5.73 Å². The second kappa shape index (κ2) is 4.52. The highest BCUT2D eigenvalue weighted by atomic mass is 32.1. The molecule has 2 N–H and O–H groups in total. The van der Waals surface area contributed by atoms with Crippen molar-refractivity contribution in [3.8, 4) is 21.3 Å². The van der Waals surface area contributed by atoms with E-state index in [1.165, 1.54) is 27.5 Å². The number of thiophene rings is 1. The second-order valence-corrected chi connectivity index (χ2v) is 5.59. The molecule has 0 bridgehead atoms. The number of aromatic nitrogens is 5. The largest absolute Gasteiger partial charge is 0.364 e. The van der Waals surface area contributed by atoms with Gasteiger partial charge in [0.15, 0.2) is 5.01 Å². The van der Waals surface area contributed by atoms with Gasteiger partial charge in [-0.1, -0.05) is 6.07 Å². The number of carbonyl (C=O) groups excluding carboxylic acids is 1. The Bertz CT molecular complexity index is 729. The Morgan fingerprint density at radius 1 is 1.47 bits per heavy atom. The first kappa shape index (κ1) is 11.9. The van der Waals surface area contributed by atoms with Crippen LogP contribution in [-0.2, 0) is 7.05 Å². The summed E-state index contributed by atoms with van der Waals surface area (Å²) in [5, 5.41) is 14.1. The molecule has 19 heavy (non-hydrogen) atoms. The van der Waals surface area contributed by atoms with Gasteiger partial charge < -0.3 is 5.73 Å². The van der Waals surface area contributed by atoms with Gasteiger partial charge in [-0.25, -0.2) is 4.98 Å². The molecule has 0 spiro atoms. The van der Waals surface area contributed by atoms with Crippen LogP contribution in [0.15, 0.2) is 17.5 Å². The van der Waals surface area contributed by atoms with Crippen LogP contribution in [0, 0.1) is 0 Å². The van der Waals surface area contributed by atoms with E-state index in [0.717, 1.165) is 4.88 Å². The maximum atomic E-state index is 11.3. The van der Waals surface area contributed by atoms with Gasteiger partial charge in [0.2, 0.25) is 5.82 Å². The minimum atomic E-state index is -0.557. The molecule has 9 heteroatoms. The lowest BCUT2D eigenvalue weighted by Gasteiger charge is -1.93. The number of nitrogens with zero attached hydrogens (tertiary/aromatic N) is 5. The molecule has 0 aliphatic rings. The number of amides is 1. The van der Waals surface area contributed by atoms with E-state index in [9.17, 15) is 4.79 Å². The molecule has 0 aliphatic heterocycles. The highest BCUT2D eigenvalue weighted by molar-refractivity contribution is 7.18. The van der Waals surface area contributed by atoms with Gasteiger partial charge in [0.05, 0.1) is 11.9 Å². The molecule has 0 aromatic carbocycles. The van der Waals surface area contributed by atoms with Gasteiger partial charge in [0, 0.05) is 0 Å². The first-order chi connectivity index (χ1) is 9.15. The maximum Gasteiger partial charge on any atom is 0.277 e. The van der Waals surface area contributed by atoms with Gasteiger partial charge in [-0.2, -0.15) is 4.80 Å². The first-order valence-corrected chi connectivity index (χ1v) is 6.93. The molecule has 0 unspecified atom stereocenters. The van der Waals surface area contributed by atoms with Crippen molar-refractivity contribution in [2.24, 2.45) is 12.8 Å². The van der Waals surface area contributed by atoms with Crippen LogP contribution in [0.25, 0.3) is 21.3 Å². The fraction of sp³-hybridized carbons (Fsp3) is 0.100. The van der Waals surface area contributed by atoms with Crippen molar-refractivity contribution in [3.05, 3.63) is 22.5 Å². The van der Waals surface area contributed by atoms with E-state index >= 15 is 0 Å². The third-order valence-corrected chi connectivity index (χ3v) is 4.25. The van der Waals surface area contributed by atoms with Crippen LogP contribution in [0.1, 0.15) is 9.80 Å². The van der Waals surface area contributed by atoms with Crippen molar-refractivity contribution in [2.75, 3.05) is 0 Å². The lowest BCUT2D eigenvalue weighted by molar-refractivity contribution is 0.1000. The summed E-state index contributed by atoms with van der Waals surface area (Å²) in [6, 6.07) is 3.83. The number of nitrogens with two attached hydrogens (primary N) is 1. The molecule has 3 rings (SSSR count). The highest BCUT2D eigenvalue weighted by Gasteiger charge is 2.21. The van der Waals surface area contributed by atoms with Crippen molar-refractivity contribution < 1.29 is 4.79 Å². The van der Waals surface area contributed by atoms with E-state index in [2.05, 4.69) is 20.4 Å². The third-order valence-electron chi connectivity index (χ3n) is 2.30. The summed E-state index contributed by atoms with van der Waals surface area (Å²) in [7, 11) is 1.68. The average molecular weight is 292 g/mol. The van der Waals surface area contributed by atoms with E-state index in [4.69, 9.17) is 5.73 Å². The molecule has 0 saturated heterocycles. The van der Waals surface area contributed by atoms with E-state index in [0.29, 0.717) is 16.4 Å². The first-order valence-electron chi connectivity index (χ1n) is 5.24. The molecule has 3 heterocycles. The van der Waals surface area contributed by atoms with Gasteiger partial charge in [0.1, 0.15) is 10.6 Å². The van der Waals surface area contributed by atoms with Crippen molar-refractivity contribution in [3.63, 3.8) is 0 Å². The monoisotopic (exact) mass is 292 g/mol. The number of primary amides is 1. The fourth-order valence-corrected chi connectivity index (χ4v) is 3.17. The minimum Gasteiger partial charge on any atom is -0.364 e. The molecule has 3 aromatic rings.